The van der Waals surface area contributed by atoms with E-state index in [0.29, 0.717) is 12.1 Å². The van der Waals surface area contributed by atoms with Gasteiger partial charge in [0.25, 0.3) is 10.2 Å². The molecular weight excluding hydrogens is 650 g/mol. The second kappa shape index (κ2) is 14.2. The van der Waals surface area contributed by atoms with E-state index in [0.717, 1.165) is 21.0 Å². The number of thioether (sulfide) groups is 1. The summed E-state index contributed by atoms with van der Waals surface area (Å²) in [5, 5.41) is -0.448. The van der Waals surface area contributed by atoms with E-state index in [1.807, 2.05) is 91.0 Å². The second-order valence-corrected chi connectivity index (χ2v) is 14.0. The molecule has 0 aromatic heterocycles. The summed E-state index contributed by atoms with van der Waals surface area (Å²) >= 11 is 1.48. The molecule has 1 N–H and O–H groups in total. The maximum absolute atomic E-state index is 14.2. The van der Waals surface area contributed by atoms with E-state index >= 15 is 0 Å². The van der Waals surface area contributed by atoms with Crippen LogP contribution in [-0.4, -0.2) is 49.9 Å². The number of rotatable bonds is 12. The van der Waals surface area contributed by atoms with E-state index in [-0.39, 0.29) is 25.1 Å². The molecule has 0 spiro atoms. The van der Waals surface area contributed by atoms with E-state index in [2.05, 4.69) is 0 Å². The smallest absolute Gasteiger partial charge is 0.375 e. The van der Waals surface area contributed by atoms with Crippen LogP contribution in [0.2, 0.25) is 0 Å². The van der Waals surface area contributed by atoms with Crippen LogP contribution in [0.25, 0.3) is 0 Å². The lowest BCUT2D eigenvalue weighted by molar-refractivity contribution is -0.121. The zero-order chi connectivity index (χ0) is 33.0. The van der Waals surface area contributed by atoms with E-state index in [9.17, 15) is 34.8 Å². The second-order valence-electron chi connectivity index (χ2n) is 10.8. The van der Waals surface area contributed by atoms with E-state index < -0.39 is 63.0 Å². The number of nitrogens with one attached hydrogen (secondary N) is 1. The highest BCUT2D eigenvalue weighted by atomic mass is 32.2. The first-order chi connectivity index (χ1) is 21.9. The maximum Gasteiger partial charge on any atom is 0.402 e. The van der Waals surface area contributed by atoms with Gasteiger partial charge in [-0.25, -0.2) is 13.2 Å². The minimum absolute atomic E-state index is 0.153. The van der Waals surface area contributed by atoms with Gasteiger partial charge in [-0.05, 0) is 29.2 Å². The van der Waals surface area contributed by atoms with Crippen LogP contribution in [-0.2, 0) is 26.3 Å². The highest BCUT2D eigenvalue weighted by Gasteiger charge is 2.46. The molecule has 1 fully saturated rings. The molecular formula is C33H30F6N2O3S2. The van der Waals surface area contributed by atoms with Gasteiger partial charge in [0.15, 0.2) is 11.6 Å². The third-order valence-electron chi connectivity index (χ3n) is 7.63. The molecule has 5 nitrogen and oxygen atoms in total. The van der Waals surface area contributed by atoms with Gasteiger partial charge in [-0.3, -0.25) is 0 Å². The molecule has 4 aromatic carbocycles. The highest BCUT2D eigenvalue weighted by molar-refractivity contribution is 8.01. The summed E-state index contributed by atoms with van der Waals surface area (Å²) in [6, 6.07) is 28.9. The Hall–Kier alpha value is -3.36. The first kappa shape index (κ1) is 34.0. The first-order valence-electron chi connectivity index (χ1n) is 14.3. The topological polar surface area (TPSA) is 58.6 Å². The summed E-state index contributed by atoms with van der Waals surface area (Å²) in [4.78, 5) is 0. The summed E-state index contributed by atoms with van der Waals surface area (Å²) in [5.41, 5.74) is 2.45. The molecule has 1 saturated heterocycles. The monoisotopic (exact) mass is 680 g/mol. The molecule has 2 atom stereocenters. The molecule has 0 aliphatic carbocycles. The fourth-order valence-corrected chi connectivity index (χ4v) is 8.98. The maximum atomic E-state index is 14.2. The Bertz CT molecular complexity index is 1620. The number of ether oxygens (including phenoxy) is 1. The molecule has 46 heavy (non-hydrogen) atoms. The van der Waals surface area contributed by atoms with Crippen molar-refractivity contribution in [3.8, 4) is 0 Å². The molecule has 1 heterocycles. The van der Waals surface area contributed by atoms with Crippen molar-refractivity contribution in [1.82, 2.24) is 9.03 Å². The summed E-state index contributed by atoms with van der Waals surface area (Å²) in [5.74, 6) is -3.70. The number of hydrogen-bond acceptors (Lipinski definition) is 4. The summed E-state index contributed by atoms with van der Waals surface area (Å²) in [7, 11) is -4.65. The lowest BCUT2D eigenvalue weighted by Crippen LogP contribution is -2.47. The van der Waals surface area contributed by atoms with E-state index in [4.69, 9.17) is 4.74 Å². The average molecular weight is 681 g/mol. The first-order valence-corrected chi connectivity index (χ1v) is 16.6. The Kier molecular flexibility index (Phi) is 10.5. The van der Waals surface area contributed by atoms with Crippen molar-refractivity contribution in [1.29, 1.82) is 0 Å². The van der Waals surface area contributed by atoms with Gasteiger partial charge in [0.2, 0.25) is 0 Å². The summed E-state index contributed by atoms with van der Waals surface area (Å²) in [6.07, 6.45) is -4.62. The minimum atomic E-state index is -4.79. The highest BCUT2D eigenvalue weighted by Crippen LogP contribution is 2.52. The van der Waals surface area contributed by atoms with Crippen LogP contribution in [0.5, 0.6) is 0 Å². The Morgan fingerprint density at radius 1 is 0.783 bits per heavy atom. The molecule has 4 aromatic rings. The van der Waals surface area contributed by atoms with Crippen molar-refractivity contribution >= 4 is 22.0 Å². The Morgan fingerprint density at radius 3 is 1.78 bits per heavy atom. The molecule has 13 heteroatoms. The normalized spacial score (nSPS) is 17.8. The zero-order valence-corrected chi connectivity index (χ0v) is 25.9. The SMILES string of the molecule is O=S(=O)(NCC(F)(F)F)N1C[C@H](SC(c2ccccc2)(c2ccccc2)c2ccccc2)C[C@H]1COCc1cc(F)c(F)cc1F. The standard InChI is InChI=1S/C33H30F6N2O3S2/c34-29-18-31(36)30(35)16-23(29)20-44-21-27-17-28(19-41(27)46(42,43)40-22-32(37,38)39)45-33(24-10-4-1-5-11-24,25-12-6-2-7-13-25)26-14-8-3-9-15-26/h1-16,18,27-28,40H,17,19-22H2/t27-,28+/m0/s1. The Morgan fingerprint density at radius 2 is 1.28 bits per heavy atom. The fraction of sp³-hybridized carbons (Fsp3) is 0.273. The minimum Gasteiger partial charge on any atom is -0.375 e. The van der Waals surface area contributed by atoms with Crippen molar-refractivity contribution in [2.75, 3.05) is 19.7 Å². The molecule has 1 aliphatic rings. The van der Waals surface area contributed by atoms with Crippen LogP contribution in [0.4, 0.5) is 26.3 Å². The lowest BCUT2D eigenvalue weighted by Gasteiger charge is -2.37. The molecule has 5 rings (SSSR count). The van der Waals surface area contributed by atoms with Crippen LogP contribution < -0.4 is 4.72 Å². The van der Waals surface area contributed by atoms with Crippen LogP contribution >= 0.6 is 11.8 Å². The fourth-order valence-electron chi connectivity index (χ4n) is 5.58. The van der Waals surface area contributed by atoms with Crippen molar-refractivity contribution in [2.45, 2.75) is 35.2 Å². The molecule has 244 valence electrons. The third kappa shape index (κ3) is 7.77. The van der Waals surface area contributed by atoms with Gasteiger partial charge in [0.05, 0.1) is 24.0 Å². The van der Waals surface area contributed by atoms with Crippen molar-refractivity contribution in [3.63, 3.8) is 0 Å². The van der Waals surface area contributed by atoms with Gasteiger partial charge < -0.3 is 4.74 Å². The van der Waals surface area contributed by atoms with Crippen LogP contribution in [0.15, 0.2) is 103 Å². The van der Waals surface area contributed by atoms with E-state index in [1.165, 1.54) is 11.8 Å². The van der Waals surface area contributed by atoms with Crippen molar-refractivity contribution < 1.29 is 39.5 Å². The molecule has 0 bridgehead atoms. The summed E-state index contributed by atoms with van der Waals surface area (Å²) in [6.45, 7) is -2.76. The van der Waals surface area contributed by atoms with Gasteiger partial charge in [-0.15, -0.1) is 11.8 Å². The van der Waals surface area contributed by atoms with Gasteiger partial charge in [0.1, 0.15) is 12.4 Å². The van der Waals surface area contributed by atoms with Gasteiger partial charge in [0, 0.05) is 23.4 Å². The number of nitrogens with zero attached hydrogens (tertiary/aromatic N) is 1. The van der Waals surface area contributed by atoms with Crippen molar-refractivity contribution in [2.24, 2.45) is 0 Å². The van der Waals surface area contributed by atoms with Crippen LogP contribution in [0, 0.1) is 17.5 Å². The molecule has 0 saturated carbocycles. The number of alkyl halides is 3. The Labute approximate surface area is 267 Å². The van der Waals surface area contributed by atoms with Gasteiger partial charge in [-0.2, -0.15) is 30.6 Å². The molecule has 0 radical (unpaired) electrons. The largest absolute Gasteiger partial charge is 0.402 e. The summed E-state index contributed by atoms with van der Waals surface area (Å²) < 4.78 is 114. The van der Waals surface area contributed by atoms with E-state index in [1.54, 1.807) is 4.72 Å². The third-order valence-corrected chi connectivity index (χ3v) is 10.9. The predicted octanol–water partition coefficient (Wildman–Crippen LogP) is 7.19. The predicted molar refractivity (Wildman–Crippen MR) is 165 cm³/mol. The molecule has 0 amide bonds. The lowest BCUT2D eigenvalue weighted by atomic mass is 9.84. The number of hydrogen-bond donors (Lipinski definition) is 1. The molecule has 0 unspecified atom stereocenters. The number of benzene rings is 4. The Balaban J connectivity index is 1.49. The number of halogens is 6. The van der Waals surface area contributed by atoms with Crippen molar-refractivity contribution in [3.05, 3.63) is 143 Å². The quantitative estimate of drug-likeness (QED) is 0.0979. The van der Waals surface area contributed by atoms with Gasteiger partial charge in [-0.1, -0.05) is 91.0 Å². The zero-order valence-electron chi connectivity index (χ0n) is 24.3. The van der Waals surface area contributed by atoms with Crippen LogP contribution in [0.3, 0.4) is 0 Å². The van der Waals surface area contributed by atoms with Gasteiger partial charge >= 0.3 is 6.18 Å². The average Bonchev–Trinajstić information content (AvgIpc) is 3.45. The van der Waals surface area contributed by atoms with Crippen LogP contribution in [0.1, 0.15) is 28.7 Å². The molecule has 1 aliphatic heterocycles.